The van der Waals surface area contributed by atoms with Crippen LogP contribution in [-0.4, -0.2) is 42.9 Å². The zero-order valence-corrected chi connectivity index (χ0v) is 12.9. The second-order valence-corrected chi connectivity index (χ2v) is 6.66. The van der Waals surface area contributed by atoms with E-state index in [4.69, 9.17) is 9.47 Å². The van der Waals surface area contributed by atoms with Crippen LogP contribution in [0.25, 0.3) is 0 Å². The van der Waals surface area contributed by atoms with Gasteiger partial charge < -0.3 is 14.4 Å². The van der Waals surface area contributed by atoms with Gasteiger partial charge in [-0.2, -0.15) is 0 Å². The van der Waals surface area contributed by atoms with Crippen molar-refractivity contribution >= 4 is 5.91 Å². The quantitative estimate of drug-likeness (QED) is 0.861. The first kappa shape index (κ1) is 14.2. The van der Waals surface area contributed by atoms with Gasteiger partial charge >= 0.3 is 0 Å². The SMILES string of the molecule is O=C(C(c1ccccc1)C1CC1)N1CCC2(CC1)OCCO2. The molecule has 0 bridgehead atoms. The second-order valence-electron chi connectivity index (χ2n) is 6.66. The lowest BCUT2D eigenvalue weighted by molar-refractivity contribution is -0.187. The fraction of sp³-hybridized carbons (Fsp3) is 0.611. The number of nitrogens with zero attached hydrogens (tertiary/aromatic N) is 1. The Hall–Kier alpha value is -1.39. The number of rotatable bonds is 3. The number of hydrogen-bond acceptors (Lipinski definition) is 3. The monoisotopic (exact) mass is 301 g/mol. The highest BCUT2D eigenvalue weighted by Crippen LogP contribution is 2.44. The van der Waals surface area contributed by atoms with Crippen molar-refractivity contribution in [2.45, 2.75) is 37.4 Å². The van der Waals surface area contributed by atoms with E-state index in [1.165, 1.54) is 18.4 Å². The molecule has 1 aromatic rings. The molecule has 4 rings (SSSR count). The second kappa shape index (κ2) is 5.67. The molecule has 3 fully saturated rings. The van der Waals surface area contributed by atoms with E-state index in [0.29, 0.717) is 25.0 Å². The zero-order chi connectivity index (χ0) is 15.0. The van der Waals surface area contributed by atoms with Gasteiger partial charge in [0.15, 0.2) is 5.79 Å². The van der Waals surface area contributed by atoms with Gasteiger partial charge in [-0.15, -0.1) is 0 Å². The van der Waals surface area contributed by atoms with Crippen LogP contribution >= 0.6 is 0 Å². The molecule has 0 aromatic heterocycles. The Morgan fingerprint density at radius 2 is 1.73 bits per heavy atom. The van der Waals surface area contributed by atoms with Crippen LogP contribution in [0.15, 0.2) is 30.3 Å². The van der Waals surface area contributed by atoms with Crippen molar-refractivity contribution in [2.24, 2.45) is 5.92 Å². The van der Waals surface area contributed by atoms with Crippen LogP contribution in [0.5, 0.6) is 0 Å². The summed E-state index contributed by atoms with van der Waals surface area (Å²) in [5.74, 6) is 0.463. The highest BCUT2D eigenvalue weighted by molar-refractivity contribution is 5.84. The molecule has 1 aliphatic carbocycles. The Labute approximate surface area is 131 Å². The molecule has 3 aliphatic rings. The summed E-state index contributed by atoms with van der Waals surface area (Å²) in [5.41, 5.74) is 1.17. The van der Waals surface area contributed by atoms with E-state index in [1.54, 1.807) is 0 Å². The molecule has 0 N–H and O–H groups in total. The van der Waals surface area contributed by atoms with Crippen molar-refractivity contribution in [3.63, 3.8) is 0 Å². The largest absolute Gasteiger partial charge is 0.347 e. The van der Waals surface area contributed by atoms with Crippen molar-refractivity contribution < 1.29 is 14.3 Å². The minimum Gasteiger partial charge on any atom is -0.347 e. The fourth-order valence-electron chi connectivity index (χ4n) is 3.76. The molecular weight excluding hydrogens is 278 g/mol. The number of ether oxygens (including phenoxy) is 2. The van der Waals surface area contributed by atoms with Gasteiger partial charge in [-0.25, -0.2) is 0 Å². The highest BCUT2D eigenvalue weighted by Gasteiger charge is 2.44. The molecule has 1 spiro atoms. The highest BCUT2D eigenvalue weighted by atomic mass is 16.7. The fourth-order valence-corrected chi connectivity index (χ4v) is 3.76. The number of hydrogen-bond donors (Lipinski definition) is 0. The molecule has 22 heavy (non-hydrogen) atoms. The van der Waals surface area contributed by atoms with Gasteiger partial charge in [0.05, 0.1) is 19.1 Å². The minimum atomic E-state index is -0.404. The van der Waals surface area contributed by atoms with E-state index in [1.807, 2.05) is 23.1 Å². The standard InChI is InChI=1S/C18H23NO3/c20-17(16(15-6-7-15)14-4-2-1-3-5-14)19-10-8-18(9-11-19)21-12-13-22-18/h1-5,15-16H,6-13H2. The summed E-state index contributed by atoms with van der Waals surface area (Å²) in [5, 5.41) is 0. The van der Waals surface area contributed by atoms with Crippen molar-refractivity contribution in [2.75, 3.05) is 26.3 Å². The van der Waals surface area contributed by atoms with Crippen LogP contribution in [-0.2, 0) is 14.3 Å². The molecule has 2 saturated heterocycles. The zero-order valence-electron chi connectivity index (χ0n) is 12.9. The van der Waals surface area contributed by atoms with E-state index < -0.39 is 5.79 Å². The Balaban J connectivity index is 1.46. The maximum atomic E-state index is 13.0. The number of likely N-dealkylation sites (tertiary alicyclic amines) is 1. The molecule has 1 aromatic carbocycles. The third kappa shape index (κ3) is 2.66. The Morgan fingerprint density at radius 3 is 2.32 bits per heavy atom. The van der Waals surface area contributed by atoms with E-state index in [0.717, 1.165) is 25.9 Å². The summed E-state index contributed by atoms with van der Waals surface area (Å²) in [6.45, 7) is 2.86. The Bertz CT molecular complexity index is 525. The lowest BCUT2D eigenvalue weighted by atomic mass is 9.91. The lowest BCUT2D eigenvalue weighted by Crippen LogP contribution is -2.48. The van der Waals surface area contributed by atoms with Crippen molar-refractivity contribution in [3.05, 3.63) is 35.9 Å². The first-order chi connectivity index (χ1) is 10.8. The van der Waals surface area contributed by atoms with Gasteiger partial charge in [-0.05, 0) is 24.3 Å². The molecule has 2 heterocycles. The molecule has 4 nitrogen and oxygen atoms in total. The van der Waals surface area contributed by atoms with Gasteiger partial charge in [0.2, 0.25) is 5.91 Å². The first-order valence-corrected chi connectivity index (χ1v) is 8.39. The average molecular weight is 301 g/mol. The van der Waals surface area contributed by atoms with Gasteiger partial charge in [0.1, 0.15) is 0 Å². The molecule has 1 atom stereocenters. The third-order valence-corrected chi connectivity index (χ3v) is 5.17. The predicted molar refractivity (Wildman–Crippen MR) is 82.4 cm³/mol. The van der Waals surface area contributed by atoms with Gasteiger partial charge in [0.25, 0.3) is 0 Å². The van der Waals surface area contributed by atoms with E-state index >= 15 is 0 Å². The van der Waals surface area contributed by atoms with Crippen LogP contribution in [0.4, 0.5) is 0 Å². The van der Waals surface area contributed by atoms with E-state index in [2.05, 4.69) is 12.1 Å². The van der Waals surface area contributed by atoms with Crippen molar-refractivity contribution in [3.8, 4) is 0 Å². The first-order valence-electron chi connectivity index (χ1n) is 8.39. The number of amides is 1. The molecule has 118 valence electrons. The van der Waals surface area contributed by atoms with Gasteiger partial charge in [-0.3, -0.25) is 4.79 Å². The van der Waals surface area contributed by atoms with E-state index in [9.17, 15) is 4.79 Å². The summed E-state index contributed by atoms with van der Waals surface area (Å²) >= 11 is 0. The topological polar surface area (TPSA) is 38.8 Å². The predicted octanol–water partition coefficient (Wildman–Crippen LogP) is 2.55. The summed E-state index contributed by atoms with van der Waals surface area (Å²) in [6, 6.07) is 10.3. The summed E-state index contributed by atoms with van der Waals surface area (Å²) in [6.07, 6.45) is 3.94. The molecule has 1 saturated carbocycles. The van der Waals surface area contributed by atoms with Gasteiger partial charge in [0, 0.05) is 25.9 Å². The molecule has 4 heteroatoms. The lowest BCUT2D eigenvalue weighted by Gasteiger charge is -2.39. The molecule has 0 radical (unpaired) electrons. The van der Waals surface area contributed by atoms with Crippen molar-refractivity contribution in [1.29, 1.82) is 0 Å². The van der Waals surface area contributed by atoms with Crippen LogP contribution in [0.2, 0.25) is 0 Å². The molecule has 2 aliphatic heterocycles. The maximum Gasteiger partial charge on any atom is 0.230 e. The summed E-state index contributed by atoms with van der Waals surface area (Å²) < 4.78 is 11.5. The Kier molecular flexibility index (Phi) is 3.66. The Morgan fingerprint density at radius 1 is 1.09 bits per heavy atom. The number of piperidine rings is 1. The van der Waals surface area contributed by atoms with Crippen LogP contribution < -0.4 is 0 Å². The van der Waals surface area contributed by atoms with Crippen LogP contribution in [0.1, 0.15) is 37.2 Å². The van der Waals surface area contributed by atoms with Crippen LogP contribution in [0.3, 0.4) is 0 Å². The molecule has 1 amide bonds. The molecular formula is C18H23NO3. The third-order valence-electron chi connectivity index (χ3n) is 5.17. The minimum absolute atomic E-state index is 0.0423. The van der Waals surface area contributed by atoms with E-state index in [-0.39, 0.29) is 5.92 Å². The number of carbonyl (C=O) groups is 1. The number of benzene rings is 1. The average Bonchev–Trinajstić information content (AvgIpc) is 3.29. The summed E-state index contributed by atoms with van der Waals surface area (Å²) in [4.78, 5) is 15.0. The smallest absolute Gasteiger partial charge is 0.230 e. The molecule has 1 unspecified atom stereocenters. The maximum absolute atomic E-state index is 13.0. The normalized spacial score (nSPS) is 25.4. The van der Waals surface area contributed by atoms with Crippen molar-refractivity contribution in [1.82, 2.24) is 4.90 Å². The number of carbonyl (C=O) groups excluding carboxylic acids is 1. The van der Waals surface area contributed by atoms with Gasteiger partial charge in [-0.1, -0.05) is 30.3 Å². The van der Waals surface area contributed by atoms with Crippen LogP contribution in [0, 0.1) is 5.92 Å². The summed E-state index contributed by atoms with van der Waals surface area (Å²) in [7, 11) is 0.